The fourth-order valence-corrected chi connectivity index (χ4v) is 2.73. The highest BCUT2D eigenvalue weighted by atomic mass is 35.5. The highest BCUT2D eigenvalue weighted by Gasteiger charge is 2.14. The second-order valence-electron chi connectivity index (χ2n) is 5.27. The lowest BCUT2D eigenvalue weighted by atomic mass is 10.1. The molecule has 0 fully saturated rings. The molecule has 3 aromatic rings. The summed E-state index contributed by atoms with van der Waals surface area (Å²) in [5.41, 5.74) is 9.22. The number of rotatable bonds is 4. The van der Waals surface area contributed by atoms with Crippen molar-refractivity contribution in [1.82, 2.24) is 9.55 Å². The Morgan fingerprint density at radius 3 is 2.57 bits per heavy atom. The zero-order valence-electron chi connectivity index (χ0n) is 12.0. The molecule has 3 nitrogen and oxygen atoms in total. The molecule has 1 unspecified atom stereocenters. The fraction of sp³-hybridized carbons (Fsp3) is 0.235. The molecule has 1 atom stereocenters. The molecular weight excluding hydrogens is 282 g/mol. The van der Waals surface area contributed by atoms with Crippen LogP contribution in [0.15, 0.2) is 48.5 Å². The Balaban J connectivity index is 2.06. The van der Waals surface area contributed by atoms with Gasteiger partial charge in [0.15, 0.2) is 0 Å². The van der Waals surface area contributed by atoms with E-state index in [0.717, 1.165) is 28.3 Å². The largest absolute Gasteiger partial charge is 0.328 e. The van der Waals surface area contributed by atoms with Crippen LogP contribution in [0, 0.1) is 0 Å². The van der Waals surface area contributed by atoms with Gasteiger partial charge in [0.05, 0.1) is 11.0 Å². The van der Waals surface area contributed by atoms with E-state index in [1.807, 2.05) is 42.5 Å². The first-order valence-corrected chi connectivity index (χ1v) is 7.47. The molecule has 1 heterocycles. The molecule has 0 aliphatic rings. The highest BCUT2D eigenvalue weighted by Crippen LogP contribution is 2.23. The minimum absolute atomic E-state index is 0.222. The number of hydrogen-bond acceptors (Lipinski definition) is 2. The first-order valence-electron chi connectivity index (χ1n) is 7.09. The molecule has 0 bridgehead atoms. The molecule has 21 heavy (non-hydrogen) atoms. The van der Waals surface area contributed by atoms with E-state index in [1.54, 1.807) is 0 Å². The topological polar surface area (TPSA) is 43.8 Å². The van der Waals surface area contributed by atoms with Gasteiger partial charge in [0.2, 0.25) is 0 Å². The maximum Gasteiger partial charge on any atom is 0.114 e. The molecule has 0 aliphatic carbocycles. The molecule has 1 aromatic heterocycles. The van der Waals surface area contributed by atoms with Gasteiger partial charge in [0.25, 0.3) is 0 Å². The zero-order valence-corrected chi connectivity index (χ0v) is 12.7. The van der Waals surface area contributed by atoms with Crippen molar-refractivity contribution >= 4 is 22.6 Å². The zero-order chi connectivity index (χ0) is 14.8. The van der Waals surface area contributed by atoms with E-state index in [0.29, 0.717) is 6.54 Å². The Bertz CT molecular complexity index is 746. The number of benzene rings is 2. The van der Waals surface area contributed by atoms with Gasteiger partial charge < -0.3 is 10.3 Å². The summed E-state index contributed by atoms with van der Waals surface area (Å²) in [5, 5.41) is 0.752. The van der Waals surface area contributed by atoms with E-state index in [9.17, 15) is 0 Å². The first-order chi connectivity index (χ1) is 10.2. The Kier molecular flexibility index (Phi) is 3.95. The monoisotopic (exact) mass is 299 g/mol. The second-order valence-corrected chi connectivity index (χ2v) is 5.71. The molecular formula is C17H18ClN3. The van der Waals surface area contributed by atoms with Crippen molar-refractivity contribution in [2.24, 2.45) is 5.73 Å². The SMILES string of the molecule is CC(CN)n1c(Cc2ccc(Cl)cc2)nc2ccccc21. The van der Waals surface area contributed by atoms with Crippen molar-refractivity contribution in [3.05, 3.63) is 64.9 Å². The van der Waals surface area contributed by atoms with Crippen molar-refractivity contribution < 1.29 is 0 Å². The number of nitrogens with zero attached hydrogens (tertiary/aromatic N) is 2. The number of imidazole rings is 1. The van der Waals surface area contributed by atoms with Crippen LogP contribution >= 0.6 is 11.6 Å². The van der Waals surface area contributed by atoms with E-state index >= 15 is 0 Å². The van der Waals surface area contributed by atoms with Crippen LogP contribution in [0.4, 0.5) is 0 Å². The van der Waals surface area contributed by atoms with Gasteiger partial charge in [-0.3, -0.25) is 0 Å². The molecule has 2 N–H and O–H groups in total. The maximum atomic E-state index is 5.95. The predicted octanol–water partition coefficient (Wildman–Crippen LogP) is 3.80. The van der Waals surface area contributed by atoms with Gasteiger partial charge in [0, 0.05) is 24.0 Å². The minimum atomic E-state index is 0.222. The van der Waals surface area contributed by atoms with Gasteiger partial charge in [-0.25, -0.2) is 4.98 Å². The highest BCUT2D eigenvalue weighted by molar-refractivity contribution is 6.30. The van der Waals surface area contributed by atoms with Gasteiger partial charge in [-0.15, -0.1) is 0 Å². The Morgan fingerprint density at radius 1 is 1.14 bits per heavy atom. The lowest BCUT2D eigenvalue weighted by Crippen LogP contribution is -2.18. The minimum Gasteiger partial charge on any atom is -0.328 e. The van der Waals surface area contributed by atoms with Crippen LogP contribution in [0.5, 0.6) is 0 Å². The Hall–Kier alpha value is -1.84. The summed E-state index contributed by atoms with van der Waals surface area (Å²) in [7, 11) is 0. The number of halogens is 1. The van der Waals surface area contributed by atoms with Crippen molar-refractivity contribution in [2.75, 3.05) is 6.54 Å². The van der Waals surface area contributed by atoms with Crippen molar-refractivity contribution in [1.29, 1.82) is 0 Å². The molecule has 0 amide bonds. The number of aromatic nitrogens is 2. The van der Waals surface area contributed by atoms with Crippen LogP contribution in [0.3, 0.4) is 0 Å². The summed E-state index contributed by atoms with van der Waals surface area (Å²) in [6.45, 7) is 2.72. The number of fused-ring (bicyclic) bond motifs is 1. The second kappa shape index (κ2) is 5.88. The number of nitrogens with two attached hydrogens (primary N) is 1. The quantitative estimate of drug-likeness (QED) is 0.796. The van der Waals surface area contributed by atoms with Crippen molar-refractivity contribution in [3.63, 3.8) is 0 Å². The molecule has 0 aliphatic heterocycles. The van der Waals surface area contributed by atoms with Crippen LogP contribution in [0.25, 0.3) is 11.0 Å². The van der Waals surface area contributed by atoms with Crippen molar-refractivity contribution in [2.45, 2.75) is 19.4 Å². The molecule has 0 saturated carbocycles. The van der Waals surface area contributed by atoms with Crippen LogP contribution < -0.4 is 5.73 Å². The smallest absolute Gasteiger partial charge is 0.114 e. The first kappa shape index (κ1) is 14.1. The third kappa shape index (κ3) is 2.80. The van der Waals surface area contributed by atoms with Gasteiger partial charge >= 0.3 is 0 Å². The summed E-state index contributed by atoms with van der Waals surface area (Å²) in [5.74, 6) is 1.04. The summed E-state index contributed by atoms with van der Waals surface area (Å²) < 4.78 is 2.24. The lowest BCUT2D eigenvalue weighted by molar-refractivity contribution is 0.552. The molecule has 4 heteroatoms. The van der Waals surface area contributed by atoms with Gasteiger partial charge in [-0.1, -0.05) is 35.9 Å². The predicted molar refractivity (Wildman–Crippen MR) is 87.8 cm³/mol. The maximum absolute atomic E-state index is 5.95. The van der Waals surface area contributed by atoms with E-state index < -0.39 is 0 Å². The fourth-order valence-electron chi connectivity index (χ4n) is 2.60. The molecule has 3 rings (SSSR count). The van der Waals surface area contributed by atoms with E-state index in [2.05, 4.69) is 17.6 Å². The van der Waals surface area contributed by atoms with E-state index in [-0.39, 0.29) is 6.04 Å². The van der Waals surface area contributed by atoms with Crippen LogP contribution in [-0.2, 0) is 6.42 Å². The van der Waals surface area contributed by atoms with Gasteiger partial charge in [0.1, 0.15) is 5.82 Å². The van der Waals surface area contributed by atoms with Gasteiger partial charge in [-0.2, -0.15) is 0 Å². The summed E-state index contributed by atoms with van der Waals surface area (Å²) in [6.07, 6.45) is 0.774. The number of para-hydroxylation sites is 2. The molecule has 108 valence electrons. The van der Waals surface area contributed by atoms with Crippen LogP contribution in [0.1, 0.15) is 24.4 Å². The Labute approximate surface area is 129 Å². The summed E-state index contributed by atoms with van der Waals surface area (Å²) >= 11 is 5.95. The molecule has 0 spiro atoms. The standard InChI is InChI=1S/C17H18ClN3/c1-12(11-19)21-16-5-3-2-4-15(16)20-17(21)10-13-6-8-14(18)9-7-13/h2-9,12H,10-11,19H2,1H3. The average molecular weight is 300 g/mol. The van der Waals surface area contributed by atoms with Gasteiger partial charge in [-0.05, 0) is 36.8 Å². The lowest BCUT2D eigenvalue weighted by Gasteiger charge is -2.15. The number of hydrogen-bond donors (Lipinski definition) is 1. The van der Waals surface area contributed by atoms with Crippen LogP contribution in [-0.4, -0.2) is 16.1 Å². The third-order valence-electron chi connectivity index (χ3n) is 3.73. The van der Waals surface area contributed by atoms with Crippen LogP contribution in [0.2, 0.25) is 5.02 Å². The average Bonchev–Trinajstić information content (AvgIpc) is 2.86. The molecule has 2 aromatic carbocycles. The van der Waals surface area contributed by atoms with E-state index in [1.165, 1.54) is 5.56 Å². The van der Waals surface area contributed by atoms with Crippen molar-refractivity contribution in [3.8, 4) is 0 Å². The molecule has 0 radical (unpaired) electrons. The summed E-state index contributed by atoms with van der Waals surface area (Å²) in [4.78, 5) is 4.77. The molecule has 0 saturated heterocycles. The Morgan fingerprint density at radius 2 is 1.86 bits per heavy atom. The normalized spacial score (nSPS) is 12.7. The van der Waals surface area contributed by atoms with E-state index in [4.69, 9.17) is 22.3 Å². The third-order valence-corrected chi connectivity index (χ3v) is 3.98. The summed E-state index contributed by atoms with van der Waals surface area (Å²) in [6, 6.07) is 16.3.